The van der Waals surface area contributed by atoms with Crippen LogP contribution in [0.5, 0.6) is 0 Å². The molecule has 4 rings (SSSR count). The normalized spacial score (nSPS) is 17.8. The van der Waals surface area contributed by atoms with Crippen molar-refractivity contribution in [1.82, 2.24) is 4.98 Å². The van der Waals surface area contributed by atoms with Gasteiger partial charge in [-0.05, 0) is 44.0 Å². The second-order valence-corrected chi connectivity index (χ2v) is 7.18. The van der Waals surface area contributed by atoms with Gasteiger partial charge in [-0.25, -0.2) is 4.98 Å². The van der Waals surface area contributed by atoms with Crippen LogP contribution >= 0.6 is 0 Å². The van der Waals surface area contributed by atoms with Gasteiger partial charge < -0.3 is 9.64 Å². The average Bonchev–Trinajstić information content (AvgIpc) is 3.10. The van der Waals surface area contributed by atoms with Crippen molar-refractivity contribution in [1.29, 1.82) is 0 Å². The number of rotatable bonds is 2. The zero-order chi connectivity index (χ0) is 19.6. The largest absolute Gasteiger partial charge is 0.365 e. The van der Waals surface area contributed by atoms with Crippen molar-refractivity contribution in [2.75, 3.05) is 24.6 Å². The number of hydrogen-bond acceptors (Lipinski definition) is 5. The molecule has 0 atom stereocenters. The first-order chi connectivity index (χ1) is 13.5. The van der Waals surface area contributed by atoms with Gasteiger partial charge in [0.15, 0.2) is 0 Å². The summed E-state index contributed by atoms with van der Waals surface area (Å²) in [6, 6.07) is 13.1. The molecule has 0 amide bonds. The predicted molar refractivity (Wildman–Crippen MR) is 107 cm³/mol. The quantitative estimate of drug-likeness (QED) is 0.455. The maximum Gasteiger partial charge on any atom is 0.311 e. The van der Waals surface area contributed by atoms with Gasteiger partial charge in [0, 0.05) is 36.0 Å². The van der Waals surface area contributed by atoms with E-state index in [0.717, 1.165) is 29.7 Å². The molecule has 0 N–H and O–H groups in total. The Kier molecular flexibility index (Phi) is 4.84. The smallest absolute Gasteiger partial charge is 0.311 e. The van der Waals surface area contributed by atoms with E-state index >= 15 is 0 Å². The van der Waals surface area contributed by atoms with E-state index in [1.807, 2.05) is 42.2 Å². The second kappa shape index (κ2) is 7.45. The molecule has 6 heteroatoms. The second-order valence-electron chi connectivity index (χ2n) is 7.18. The van der Waals surface area contributed by atoms with Crippen LogP contribution in [0.2, 0.25) is 0 Å². The standard InChI is InChI=1S/C22H21N3O3/c1-17-7-10-20(25(26)27)21(23-17)24-13-11-22(12-14-24)15-19(16-28-22)9-8-18-5-3-2-4-6-18/h2-7,10,15H,11-14,16H2,1H3. The molecular weight excluding hydrogens is 354 g/mol. The number of hydrogen-bond donors (Lipinski definition) is 0. The molecule has 6 nitrogen and oxygen atoms in total. The number of aryl methyl sites for hydroxylation is 1. The van der Waals surface area contributed by atoms with E-state index < -0.39 is 0 Å². The lowest BCUT2D eigenvalue weighted by Crippen LogP contribution is -2.44. The highest BCUT2D eigenvalue weighted by atomic mass is 16.6. The molecule has 3 heterocycles. The Hall–Kier alpha value is -3.17. The molecule has 2 aliphatic rings. The summed E-state index contributed by atoms with van der Waals surface area (Å²) >= 11 is 0. The topological polar surface area (TPSA) is 68.5 Å². The van der Waals surface area contributed by atoms with Gasteiger partial charge in [0.2, 0.25) is 5.82 Å². The van der Waals surface area contributed by atoms with E-state index in [4.69, 9.17) is 4.74 Å². The maximum atomic E-state index is 11.3. The minimum Gasteiger partial charge on any atom is -0.365 e. The van der Waals surface area contributed by atoms with E-state index in [1.54, 1.807) is 6.07 Å². The van der Waals surface area contributed by atoms with Crippen molar-refractivity contribution in [2.24, 2.45) is 0 Å². The fourth-order valence-corrected chi connectivity index (χ4v) is 3.67. The fourth-order valence-electron chi connectivity index (χ4n) is 3.67. The van der Waals surface area contributed by atoms with Crippen LogP contribution in [0.3, 0.4) is 0 Å². The van der Waals surface area contributed by atoms with Gasteiger partial charge in [-0.15, -0.1) is 0 Å². The lowest BCUT2D eigenvalue weighted by molar-refractivity contribution is -0.384. The van der Waals surface area contributed by atoms with Gasteiger partial charge in [0.1, 0.15) is 0 Å². The van der Waals surface area contributed by atoms with E-state index in [2.05, 4.69) is 22.9 Å². The highest BCUT2D eigenvalue weighted by Crippen LogP contribution is 2.37. The number of ether oxygens (including phenoxy) is 1. The number of piperidine rings is 1. The first kappa shape index (κ1) is 18.2. The molecular formula is C22H21N3O3. The minimum atomic E-state index is -0.366. The molecule has 1 aromatic heterocycles. The van der Waals surface area contributed by atoms with Crippen molar-refractivity contribution < 1.29 is 9.66 Å². The third-order valence-corrected chi connectivity index (χ3v) is 5.19. The Morgan fingerprint density at radius 2 is 1.89 bits per heavy atom. The number of nitro groups is 1. The zero-order valence-electron chi connectivity index (χ0n) is 15.7. The summed E-state index contributed by atoms with van der Waals surface area (Å²) in [7, 11) is 0. The molecule has 2 aromatic rings. The van der Waals surface area contributed by atoms with Crippen LogP contribution in [0.4, 0.5) is 11.5 Å². The summed E-state index contributed by atoms with van der Waals surface area (Å²) in [5.41, 5.74) is 2.49. The lowest BCUT2D eigenvalue weighted by atomic mass is 9.90. The van der Waals surface area contributed by atoms with Gasteiger partial charge in [-0.2, -0.15) is 0 Å². The van der Waals surface area contributed by atoms with Crippen LogP contribution in [-0.4, -0.2) is 35.2 Å². The van der Waals surface area contributed by atoms with Crippen LogP contribution in [0.15, 0.2) is 54.1 Å². The molecule has 1 spiro atoms. The number of aromatic nitrogens is 1. The van der Waals surface area contributed by atoms with Crippen molar-refractivity contribution in [3.8, 4) is 11.8 Å². The van der Waals surface area contributed by atoms with Crippen molar-refractivity contribution in [2.45, 2.75) is 25.4 Å². The summed E-state index contributed by atoms with van der Waals surface area (Å²) in [5.74, 6) is 6.84. The summed E-state index contributed by atoms with van der Waals surface area (Å²) in [6.45, 7) is 3.68. The predicted octanol–water partition coefficient (Wildman–Crippen LogP) is 3.65. The Labute approximate surface area is 164 Å². The first-order valence-electron chi connectivity index (χ1n) is 9.34. The summed E-state index contributed by atoms with van der Waals surface area (Å²) in [4.78, 5) is 17.4. The molecule has 2 aliphatic heterocycles. The van der Waals surface area contributed by atoms with Crippen LogP contribution in [-0.2, 0) is 4.74 Å². The monoisotopic (exact) mass is 375 g/mol. The molecule has 142 valence electrons. The number of benzene rings is 1. The maximum absolute atomic E-state index is 11.3. The Bertz CT molecular complexity index is 981. The van der Waals surface area contributed by atoms with Crippen LogP contribution in [0.25, 0.3) is 0 Å². The third kappa shape index (κ3) is 3.75. The minimum absolute atomic E-state index is 0.0545. The third-order valence-electron chi connectivity index (χ3n) is 5.19. The summed E-state index contributed by atoms with van der Waals surface area (Å²) < 4.78 is 6.09. The van der Waals surface area contributed by atoms with Crippen LogP contribution < -0.4 is 4.90 Å². The number of pyridine rings is 1. The zero-order valence-corrected chi connectivity index (χ0v) is 15.7. The molecule has 0 bridgehead atoms. The highest BCUT2D eigenvalue weighted by molar-refractivity contribution is 5.58. The molecule has 0 saturated carbocycles. The Morgan fingerprint density at radius 3 is 2.61 bits per heavy atom. The molecule has 28 heavy (non-hydrogen) atoms. The summed E-state index contributed by atoms with van der Waals surface area (Å²) in [6.07, 6.45) is 3.66. The van der Waals surface area contributed by atoms with E-state index in [0.29, 0.717) is 25.5 Å². The molecule has 1 aromatic carbocycles. The highest BCUT2D eigenvalue weighted by Gasteiger charge is 2.39. The van der Waals surface area contributed by atoms with E-state index in [1.165, 1.54) is 6.07 Å². The SMILES string of the molecule is Cc1ccc([N+](=O)[O-])c(N2CCC3(C=C(C#Cc4ccccc4)CO3)CC2)n1. The van der Waals surface area contributed by atoms with E-state index in [-0.39, 0.29) is 16.2 Å². The Morgan fingerprint density at radius 1 is 1.14 bits per heavy atom. The molecule has 0 radical (unpaired) electrons. The van der Waals surface area contributed by atoms with Crippen molar-refractivity contribution in [3.05, 3.63) is 75.5 Å². The molecule has 1 fully saturated rings. The summed E-state index contributed by atoms with van der Waals surface area (Å²) in [5, 5.41) is 11.3. The number of nitrogens with zero attached hydrogens (tertiary/aromatic N) is 3. The average molecular weight is 375 g/mol. The number of anilines is 1. The van der Waals surface area contributed by atoms with Gasteiger partial charge in [0.25, 0.3) is 0 Å². The van der Waals surface area contributed by atoms with Crippen LogP contribution in [0.1, 0.15) is 24.1 Å². The van der Waals surface area contributed by atoms with Gasteiger partial charge in [-0.3, -0.25) is 10.1 Å². The molecule has 0 unspecified atom stereocenters. The molecule has 0 aliphatic carbocycles. The van der Waals surface area contributed by atoms with Gasteiger partial charge >= 0.3 is 5.69 Å². The van der Waals surface area contributed by atoms with Gasteiger partial charge in [-0.1, -0.05) is 30.0 Å². The van der Waals surface area contributed by atoms with Crippen molar-refractivity contribution in [3.63, 3.8) is 0 Å². The van der Waals surface area contributed by atoms with E-state index in [9.17, 15) is 10.1 Å². The first-order valence-corrected chi connectivity index (χ1v) is 9.34. The Balaban J connectivity index is 1.48. The van der Waals surface area contributed by atoms with Crippen molar-refractivity contribution >= 4 is 11.5 Å². The molecule has 1 saturated heterocycles. The fraction of sp³-hybridized carbons (Fsp3) is 0.318. The van der Waals surface area contributed by atoms with Gasteiger partial charge in [0.05, 0.1) is 17.1 Å². The lowest BCUT2D eigenvalue weighted by Gasteiger charge is -2.38. The van der Waals surface area contributed by atoms with Crippen LogP contribution in [0, 0.1) is 28.9 Å².